The van der Waals surface area contributed by atoms with Crippen molar-refractivity contribution in [3.05, 3.63) is 48.5 Å². The maximum absolute atomic E-state index is 12.1. The predicted octanol–water partition coefficient (Wildman–Crippen LogP) is 2.62. The van der Waals surface area contributed by atoms with Crippen LogP contribution in [-0.2, 0) is 19.4 Å². The molecule has 1 unspecified atom stereocenters. The van der Waals surface area contributed by atoms with Gasteiger partial charge in [-0.1, -0.05) is 6.07 Å². The number of carbonyl (C=O) groups is 1. The Morgan fingerprint density at radius 1 is 1.21 bits per heavy atom. The number of nitrogens with one attached hydrogen (secondary N) is 2. The van der Waals surface area contributed by atoms with Crippen molar-refractivity contribution in [3.8, 4) is 11.5 Å². The number of hydrogen-bond acceptors (Lipinski definition) is 6. The van der Waals surface area contributed by atoms with Gasteiger partial charge in [0, 0.05) is 31.0 Å². The second-order valence-electron chi connectivity index (χ2n) is 6.35. The summed E-state index contributed by atoms with van der Waals surface area (Å²) in [6, 6.07) is 13.2. The van der Waals surface area contributed by atoms with Crippen molar-refractivity contribution < 1.29 is 22.7 Å². The Hall–Kier alpha value is -2.13. The SMILES string of the molecule is CS(=O)(=O)c1cccc(Oc2ccc(NC(=O)CC3COCCN3)cc2)c1.Cl. The molecule has 2 N–H and O–H groups in total. The number of halogens is 1. The Morgan fingerprint density at radius 3 is 2.61 bits per heavy atom. The van der Waals surface area contributed by atoms with E-state index in [0.29, 0.717) is 36.8 Å². The number of ether oxygens (including phenoxy) is 2. The van der Waals surface area contributed by atoms with E-state index >= 15 is 0 Å². The molecule has 1 heterocycles. The van der Waals surface area contributed by atoms with Gasteiger partial charge in [0.05, 0.1) is 18.1 Å². The third kappa shape index (κ3) is 6.49. The molecule has 1 aliphatic rings. The molecular weight excluding hydrogens is 404 g/mol. The first-order valence-corrected chi connectivity index (χ1v) is 10.5. The Morgan fingerprint density at radius 2 is 1.96 bits per heavy atom. The van der Waals surface area contributed by atoms with Crippen molar-refractivity contribution >= 4 is 33.8 Å². The maximum atomic E-state index is 12.1. The molecule has 0 radical (unpaired) electrons. The lowest BCUT2D eigenvalue weighted by Gasteiger charge is -2.23. The molecule has 9 heteroatoms. The van der Waals surface area contributed by atoms with Crippen molar-refractivity contribution in [1.29, 1.82) is 0 Å². The number of anilines is 1. The first kappa shape index (κ1) is 22.2. The number of benzene rings is 2. The quantitative estimate of drug-likeness (QED) is 0.737. The molecule has 1 aliphatic heterocycles. The fraction of sp³-hybridized carbons (Fsp3) is 0.316. The zero-order chi connectivity index (χ0) is 19.3. The van der Waals surface area contributed by atoms with E-state index in [1.807, 2.05) is 0 Å². The van der Waals surface area contributed by atoms with Crippen LogP contribution in [0.2, 0.25) is 0 Å². The summed E-state index contributed by atoms with van der Waals surface area (Å²) in [7, 11) is -3.29. The van der Waals surface area contributed by atoms with Gasteiger partial charge in [-0.15, -0.1) is 12.4 Å². The molecule has 0 spiro atoms. The molecule has 2 aromatic rings. The number of carbonyl (C=O) groups excluding carboxylic acids is 1. The summed E-state index contributed by atoms with van der Waals surface area (Å²) in [4.78, 5) is 12.3. The minimum absolute atomic E-state index is 0. The molecule has 1 amide bonds. The van der Waals surface area contributed by atoms with Crippen LogP contribution >= 0.6 is 12.4 Å². The third-order valence-electron chi connectivity index (χ3n) is 4.04. The highest BCUT2D eigenvalue weighted by Crippen LogP contribution is 2.25. The number of sulfone groups is 1. The second-order valence-corrected chi connectivity index (χ2v) is 8.37. The van der Waals surface area contributed by atoms with Gasteiger partial charge < -0.3 is 20.1 Å². The summed E-state index contributed by atoms with van der Waals surface area (Å²) in [5, 5.41) is 6.08. The first-order valence-electron chi connectivity index (χ1n) is 8.59. The smallest absolute Gasteiger partial charge is 0.226 e. The van der Waals surface area contributed by atoms with Gasteiger partial charge in [-0.25, -0.2) is 8.42 Å². The largest absolute Gasteiger partial charge is 0.457 e. The fourth-order valence-corrected chi connectivity index (χ4v) is 3.35. The molecule has 0 aliphatic carbocycles. The Bertz CT molecular complexity index is 897. The van der Waals surface area contributed by atoms with Crippen LogP contribution in [0.15, 0.2) is 53.4 Å². The normalized spacial score (nSPS) is 16.7. The van der Waals surface area contributed by atoms with Gasteiger partial charge in [0.1, 0.15) is 11.5 Å². The predicted molar refractivity (Wildman–Crippen MR) is 109 cm³/mol. The zero-order valence-electron chi connectivity index (χ0n) is 15.4. The minimum Gasteiger partial charge on any atom is -0.457 e. The van der Waals surface area contributed by atoms with Crippen LogP contribution in [0.4, 0.5) is 5.69 Å². The molecule has 0 aromatic heterocycles. The average molecular weight is 427 g/mol. The van der Waals surface area contributed by atoms with Gasteiger partial charge in [-0.3, -0.25) is 4.79 Å². The van der Waals surface area contributed by atoms with E-state index in [0.717, 1.165) is 12.8 Å². The summed E-state index contributed by atoms with van der Waals surface area (Å²) in [5.41, 5.74) is 0.661. The highest BCUT2D eigenvalue weighted by atomic mass is 35.5. The van der Waals surface area contributed by atoms with E-state index in [9.17, 15) is 13.2 Å². The molecular formula is C19H23ClN2O5S. The Kier molecular flexibility index (Phi) is 7.82. The molecule has 3 rings (SSSR count). The van der Waals surface area contributed by atoms with Crippen molar-refractivity contribution in [2.75, 3.05) is 31.3 Å². The number of morpholine rings is 1. The van der Waals surface area contributed by atoms with Crippen molar-refractivity contribution in [1.82, 2.24) is 5.32 Å². The van der Waals surface area contributed by atoms with Crippen LogP contribution in [0.3, 0.4) is 0 Å². The molecule has 0 bridgehead atoms. The van der Waals surface area contributed by atoms with Crippen molar-refractivity contribution in [2.24, 2.45) is 0 Å². The van der Waals surface area contributed by atoms with E-state index in [2.05, 4.69) is 10.6 Å². The Labute approximate surface area is 170 Å². The molecule has 1 saturated heterocycles. The van der Waals surface area contributed by atoms with Crippen LogP contribution < -0.4 is 15.4 Å². The van der Waals surface area contributed by atoms with E-state index in [-0.39, 0.29) is 29.3 Å². The standard InChI is InChI=1S/C19H22N2O5S.ClH/c1-27(23,24)18-4-2-3-17(12-18)26-16-7-5-14(6-8-16)21-19(22)11-15-13-25-10-9-20-15;/h2-8,12,15,20H,9-11,13H2,1H3,(H,21,22);1H. The van der Waals surface area contributed by atoms with Crippen LogP contribution in [0.5, 0.6) is 11.5 Å². The van der Waals surface area contributed by atoms with Crippen LogP contribution in [0.1, 0.15) is 6.42 Å². The number of hydrogen-bond donors (Lipinski definition) is 2. The average Bonchev–Trinajstić information content (AvgIpc) is 2.64. The van der Waals surface area contributed by atoms with Crippen molar-refractivity contribution in [3.63, 3.8) is 0 Å². The van der Waals surface area contributed by atoms with Gasteiger partial charge in [-0.05, 0) is 42.5 Å². The van der Waals surface area contributed by atoms with Crippen molar-refractivity contribution in [2.45, 2.75) is 17.4 Å². The molecule has 152 valence electrons. The van der Waals surface area contributed by atoms with Gasteiger partial charge in [0.2, 0.25) is 5.91 Å². The lowest BCUT2D eigenvalue weighted by Crippen LogP contribution is -2.43. The highest BCUT2D eigenvalue weighted by Gasteiger charge is 2.17. The van der Waals surface area contributed by atoms with E-state index in [4.69, 9.17) is 9.47 Å². The van der Waals surface area contributed by atoms with Crippen LogP contribution in [-0.4, -0.2) is 46.4 Å². The minimum atomic E-state index is -3.29. The number of rotatable bonds is 6. The first-order chi connectivity index (χ1) is 12.9. The Balaban J connectivity index is 0.00000280. The van der Waals surface area contributed by atoms with E-state index < -0.39 is 9.84 Å². The molecule has 1 fully saturated rings. The molecule has 0 saturated carbocycles. The van der Waals surface area contributed by atoms with Crippen LogP contribution in [0, 0.1) is 0 Å². The van der Waals surface area contributed by atoms with E-state index in [1.165, 1.54) is 12.1 Å². The monoisotopic (exact) mass is 426 g/mol. The summed E-state index contributed by atoms with van der Waals surface area (Å²) >= 11 is 0. The number of amides is 1. The summed E-state index contributed by atoms with van der Waals surface area (Å²) < 4.78 is 34.3. The topological polar surface area (TPSA) is 93.7 Å². The maximum Gasteiger partial charge on any atom is 0.226 e. The third-order valence-corrected chi connectivity index (χ3v) is 5.15. The molecule has 7 nitrogen and oxygen atoms in total. The van der Waals surface area contributed by atoms with Gasteiger partial charge in [0.25, 0.3) is 0 Å². The lowest BCUT2D eigenvalue weighted by molar-refractivity contribution is -0.117. The molecule has 2 aromatic carbocycles. The van der Waals surface area contributed by atoms with Gasteiger partial charge >= 0.3 is 0 Å². The second kappa shape index (κ2) is 9.88. The summed E-state index contributed by atoms with van der Waals surface area (Å²) in [6.07, 6.45) is 1.50. The molecule has 28 heavy (non-hydrogen) atoms. The fourth-order valence-electron chi connectivity index (χ4n) is 2.70. The lowest BCUT2D eigenvalue weighted by atomic mass is 10.2. The summed E-state index contributed by atoms with van der Waals surface area (Å²) in [6.45, 7) is 1.96. The van der Waals surface area contributed by atoms with E-state index in [1.54, 1.807) is 36.4 Å². The van der Waals surface area contributed by atoms with Gasteiger partial charge in [-0.2, -0.15) is 0 Å². The zero-order valence-corrected chi connectivity index (χ0v) is 17.0. The highest BCUT2D eigenvalue weighted by molar-refractivity contribution is 7.90. The van der Waals surface area contributed by atoms with Crippen LogP contribution in [0.25, 0.3) is 0 Å². The summed E-state index contributed by atoms with van der Waals surface area (Å²) in [5.74, 6) is 0.881. The molecule has 1 atom stereocenters. The van der Waals surface area contributed by atoms with Gasteiger partial charge in [0.15, 0.2) is 9.84 Å².